The van der Waals surface area contributed by atoms with Gasteiger partial charge in [0.15, 0.2) is 5.82 Å². The van der Waals surface area contributed by atoms with Crippen LogP contribution in [0, 0.1) is 0 Å². The Morgan fingerprint density at radius 3 is 3.05 bits per heavy atom. The summed E-state index contributed by atoms with van der Waals surface area (Å²) in [5, 5.41) is 11.9. The van der Waals surface area contributed by atoms with E-state index in [1.807, 2.05) is 12.3 Å². The van der Waals surface area contributed by atoms with Crippen molar-refractivity contribution >= 4 is 21.6 Å². The Morgan fingerprint density at radius 1 is 1.21 bits per heavy atom. The molecule has 0 aliphatic carbocycles. The highest BCUT2D eigenvalue weighted by atomic mass is 79.9. The van der Waals surface area contributed by atoms with Crippen LogP contribution >= 0.6 is 15.9 Å². The summed E-state index contributed by atoms with van der Waals surface area (Å²) in [6, 6.07) is 2.01. The third kappa shape index (κ3) is 2.94. The number of aryl methyl sites for hydroxylation is 1. The van der Waals surface area contributed by atoms with Gasteiger partial charge < -0.3 is 9.88 Å². The first kappa shape index (κ1) is 12.6. The van der Waals surface area contributed by atoms with Gasteiger partial charge in [0.1, 0.15) is 5.82 Å². The molecule has 2 aromatic rings. The minimum Gasteiger partial charge on any atom is -0.376 e. The Morgan fingerprint density at radius 2 is 2.16 bits per heavy atom. The lowest BCUT2D eigenvalue weighted by atomic mass is 10.2. The monoisotopic (exact) mass is 321 g/mol. The van der Waals surface area contributed by atoms with Gasteiger partial charge in [-0.3, -0.25) is 4.98 Å². The minimum atomic E-state index is 0.686. The van der Waals surface area contributed by atoms with Crippen molar-refractivity contribution in [2.24, 2.45) is 0 Å². The zero-order valence-electron chi connectivity index (χ0n) is 10.6. The predicted molar refractivity (Wildman–Crippen MR) is 76.8 cm³/mol. The van der Waals surface area contributed by atoms with Gasteiger partial charge in [0.25, 0.3) is 0 Å². The first-order valence-corrected chi connectivity index (χ1v) is 7.37. The number of hydrogen-bond acceptors (Lipinski definition) is 4. The first-order valence-electron chi connectivity index (χ1n) is 6.58. The van der Waals surface area contributed by atoms with E-state index in [-0.39, 0.29) is 0 Å². The van der Waals surface area contributed by atoms with Crippen molar-refractivity contribution in [3.8, 4) is 0 Å². The van der Waals surface area contributed by atoms with Crippen LogP contribution in [0.2, 0.25) is 0 Å². The molecule has 6 heteroatoms. The van der Waals surface area contributed by atoms with E-state index in [1.165, 1.54) is 19.3 Å². The van der Waals surface area contributed by atoms with Crippen molar-refractivity contribution in [3.05, 3.63) is 34.6 Å². The second kappa shape index (κ2) is 5.69. The Labute approximate surface area is 120 Å². The molecule has 2 aromatic heterocycles. The number of aromatic nitrogens is 4. The van der Waals surface area contributed by atoms with E-state index >= 15 is 0 Å². The van der Waals surface area contributed by atoms with E-state index in [0.717, 1.165) is 34.8 Å². The highest BCUT2D eigenvalue weighted by molar-refractivity contribution is 9.10. The van der Waals surface area contributed by atoms with Gasteiger partial charge >= 0.3 is 0 Å². The standard InChI is InChI=1S/C13H16BrN5/c14-10-6-11(8-15-7-10)16-9-13-18-17-12-4-2-1-3-5-19(12)13/h6-8,16H,1-5,9H2. The van der Waals surface area contributed by atoms with Crippen LogP contribution in [0.3, 0.4) is 0 Å². The van der Waals surface area contributed by atoms with E-state index in [9.17, 15) is 0 Å². The Hall–Kier alpha value is -1.43. The maximum Gasteiger partial charge on any atom is 0.152 e. The molecule has 0 bridgehead atoms. The lowest BCUT2D eigenvalue weighted by Gasteiger charge is -2.08. The maximum absolute atomic E-state index is 4.30. The van der Waals surface area contributed by atoms with Crippen LogP contribution in [0.25, 0.3) is 0 Å². The summed E-state index contributed by atoms with van der Waals surface area (Å²) in [4.78, 5) is 4.13. The van der Waals surface area contributed by atoms with Gasteiger partial charge in [-0.05, 0) is 34.8 Å². The summed E-state index contributed by atoms with van der Waals surface area (Å²) in [7, 11) is 0. The molecular formula is C13H16BrN5. The highest BCUT2D eigenvalue weighted by Gasteiger charge is 2.14. The fourth-order valence-electron chi connectivity index (χ4n) is 2.37. The second-order valence-electron chi connectivity index (χ2n) is 4.74. The summed E-state index contributed by atoms with van der Waals surface area (Å²) in [5.41, 5.74) is 0.986. The maximum atomic E-state index is 4.30. The van der Waals surface area contributed by atoms with Gasteiger partial charge in [0, 0.05) is 23.6 Å². The smallest absolute Gasteiger partial charge is 0.152 e. The van der Waals surface area contributed by atoms with Gasteiger partial charge in [-0.25, -0.2) is 0 Å². The first-order chi connectivity index (χ1) is 9.33. The lowest BCUT2D eigenvalue weighted by molar-refractivity contribution is 0.610. The second-order valence-corrected chi connectivity index (χ2v) is 5.66. The molecule has 0 saturated heterocycles. The van der Waals surface area contributed by atoms with Crippen LogP contribution in [-0.2, 0) is 19.5 Å². The number of fused-ring (bicyclic) bond motifs is 1. The average Bonchev–Trinajstić information content (AvgIpc) is 2.64. The molecule has 0 atom stereocenters. The number of pyridine rings is 1. The van der Waals surface area contributed by atoms with E-state index in [2.05, 4.69) is 41.0 Å². The van der Waals surface area contributed by atoms with Crippen LogP contribution in [0.1, 0.15) is 30.9 Å². The highest BCUT2D eigenvalue weighted by Crippen LogP contribution is 2.17. The zero-order valence-corrected chi connectivity index (χ0v) is 12.2. The van der Waals surface area contributed by atoms with Crippen molar-refractivity contribution < 1.29 is 0 Å². The van der Waals surface area contributed by atoms with E-state index in [0.29, 0.717) is 6.54 Å². The number of anilines is 1. The molecule has 1 aliphatic rings. The average molecular weight is 322 g/mol. The van der Waals surface area contributed by atoms with E-state index in [1.54, 1.807) is 6.20 Å². The number of halogens is 1. The third-order valence-electron chi connectivity index (χ3n) is 3.34. The molecule has 0 aromatic carbocycles. The van der Waals surface area contributed by atoms with Crippen molar-refractivity contribution in [3.63, 3.8) is 0 Å². The molecule has 0 saturated carbocycles. The quantitative estimate of drug-likeness (QED) is 0.944. The van der Waals surface area contributed by atoms with Gasteiger partial charge in [-0.15, -0.1) is 10.2 Å². The third-order valence-corrected chi connectivity index (χ3v) is 3.78. The zero-order chi connectivity index (χ0) is 13.1. The number of nitrogens with zero attached hydrogens (tertiary/aromatic N) is 4. The van der Waals surface area contributed by atoms with Crippen molar-refractivity contribution in [2.75, 3.05) is 5.32 Å². The molecular weight excluding hydrogens is 306 g/mol. The van der Waals surface area contributed by atoms with Crippen molar-refractivity contribution in [1.29, 1.82) is 0 Å². The molecule has 1 N–H and O–H groups in total. The number of nitrogens with one attached hydrogen (secondary N) is 1. The molecule has 1 aliphatic heterocycles. The van der Waals surface area contributed by atoms with Gasteiger partial charge in [-0.1, -0.05) is 6.42 Å². The molecule has 19 heavy (non-hydrogen) atoms. The summed E-state index contributed by atoms with van der Waals surface area (Å²) >= 11 is 3.42. The van der Waals surface area contributed by atoms with Crippen molar-refractivity contribution in [2.45, 2.75) is 38.8 Å². The van der Waals surface area contributed by atoms with Crippen LogP contribution in [0.5, 0.6) is 0 Å². The van der Waals surface area contributed by atoms with Crippen LogP contribution in [-0.4, -0.2) is 19.7 Å². The molecule has 3 rings (SSSR count). The Bertz CT molecular complexity index is 566. The Balaban J connectivity index is 1.72. The van der Waals surface area contributed by atoms with Gasteiger partial charge in [0.05, 0.1) is 18.4 Å². The van der Waals surface area contributed by atoms with Gasteiger partial charge in [-0.2, -0.15) is 0 Å². The van der Waals surface area contributed by atoms with Crippen LogP contribution < -0.4 is 5.32 Å². The summed E-state index contributed by atoms with van der Waals surface area (Å²) in [6.07, 6.45) is 8.35. The molecule has 0 spiro atoms. The van der Waals surface area contributed by atoms with Crippen LogP contribution in [0.4, 0.5) is 5.69 Å². The topological polar surface area (TPSA) is 55.6 Å². The fraction of sp³-hybridized carbons (Fsp3) is 0.462. The fourth-order valence-corrected chi connectivity index (χ4v) is 2.73. The molecule has 0 fully saturated rings. The number of rotatable bonds is 3. The van der Waals surface area contributed by atoms with Crippen LogP contribution in [0.15, 0.2) is 22.9 Å². The lowest BCUT2D eigenvalue weighted by Crippen LogP contribution is -2.10. The normalized spacial score (nSPS) is 14.8. The van der Waals surface area contributed by atoms with Crippen molar-refractivity contribution in [1.82, 2.24) is 19.7 Å². The molecule has 5 nitrogen and oxygen atoms in total. The molecule has 0 unspecified atom stereocenters. The molecule has 100 valence electrons. The molecule has 0 amide bonds. The minimum absolute atomic E-state index is 0.686. The van der Waals surface area contributed by atoms with E-state index < -0.39 is 0 Å². The summed E-state index contributed by atoms with van der Waals surface area (Å²) in [5.74, 6) is 2.14. The Kier molecular flexibility index (Phi) is 3.77. The number of hydrogen-bond donors (Lipinski definition) is 1. The van der Waals surface area contributed by atoms with Gasteiger partial charge in [0.2, 0.25) is 0 Å². The SMILES string of the molecule is Brc1cncc(NCc2nnc3n2CCCCC3)c1. The largest absolute Gasteiger partial charge is 0.376 e. The summed E-state index contributed by atoms with van der Waals surface area (Å²) in [6.45, 7) is 1.72. The molecule has 3 heterocycles. The molecule has 0 radical (unpaired) electrons. The van der Waals surface area contributed by atoms with E-state index in [4.69, 9.17) is 0 Å². The predicted octanol–water partition coefficient (Wildman–Crippen LogP) is 2.77. The summed E-state index contributed by atoms with van der Waals surface area (Å²) < 4.78 is 3.23.